The lowest BCUT2D eigenvalue weighted by atomic mass is 9.98. The Labute approximate surface area is 146 Å². The third-order valence-electron chi connectivity index (χ3n) is 4.56. The summed E-state index contributed by atoms with van der Waals surface area (Å²) in [6.45, 7) is 2.43. The van der Waals surface area contributed by atoms with Crippen molar-refractivity contribution in [3.8, 4) is 0 Å². The van der Waals surface area contributed by atoms with Crippen LogP contribution in [0.2, 0.25) is 0 Å². The second-order valence-electron chi connectivity index (χ2n) is 6.86. The second-order valence-corrected chi connectivity index (χ2v) is 6.86. The maximum atomic E-state index is 11.6. The first-order valence-electron chi connectivity index (χ1n) is 9.63. The van der Waals surface area contributed by atoms with Gasteiger partial charge in [-0.3, -0.25) is 9.79 Å². The van der Waals surface area contributed by atoms with E-state index in [0.29, 0.717) is 18.6 Å². The maximum absolute atomic E-state index is 11.6. The highest BCUT2D eigenvalue weighted by atomic mass is 16.5. The molecule has 0 atom stereocenters. The zero-order valence-corrected chi connectivity index (χ0v) is 15.1. The Bertz CT molecular complexity index is 390. The highest BCUT2D eigenvalue weighted by Crippen LogP contribution is 2.20. The van der Waals surface area contributed by atoms with Gasteiger partial charge in [0.25, 0.3) is 0 Å². The predicted octanol–water partition coefficient (Wildman–Crippen LogP) is 1.95. The van der Waals surface area contributed by atoms with Gasteiger partial charge in [-0.05, 0) is 38.5 Å². The molecule has 6 nitrogen and oxygen atoms in total. The van der Waals surface area contributed by atoms with Crippen LogP contribution in [-0.4, -0.2) is 50.8 Å². The summed E-state index contributed by atoms with van der Waals surface area (Å²) in [5.74, 6) is 0.970. The number of ether oxygens (including phenoxy) is 1. The molecule has 2 aliphatic carbocycles. The molecule has 0 heterocycles. The van der Waals surface area contributed by atoms with E-state index in [9.17, 15) is 4.79 Å². The molecule has 0 radical (unpaired) electrons. The van der Waals surface area contributed by atoms with Crippen LogP contribution in [0.15, 0.2) is 4.99 Å². The van der Waals surface area contributed by atoms with Crippen molar-refractivity contribution in [1.82, 2.24) is 16.0 Å². The Morgan fingerprint density at radius 2 is 1.75 bits per heavy atom. The molecule has 2 rings (SSSR count). The summed E-state index contributed by atoms with van der Waals surface area (Å²) in [7, 11) is 1.77. The maximum Gasteiger partial charge on any atom is 0.220 e. The zero-order valence-electron chi connectivity index (χ0n) is 15.1. The summed E-state index contributed by atoms with van der Waals surface area (Å²) >= 11 is 0. The van der Waals surface area contributed by atoms with E-state index in [1.54, 1.807) is 7.05 Å². The molecule has 2 fully saturated rings. The van der Waals surface area contributed by atoms with Crippen LogP contribution in [0.5, 0.6) is 0 Å². The molecule has 0 aromatic rings. The van der Waals surface area contributed by atoms with Gasteiger partial charge in [0, 0.05) is 39.2 Å². The number of aliphatic imine (C=N–C) groups is 1. The van der Waals surface area contributed by atoms with Crippen LogP contribution in [0.4, 0.5) is 0 Å². The average Bonchev–Trinajstić information content (AvgIpc) is 3.41. The Balaban J connectivity index is 1.42. The summed E-state index contributed by atoms with van der Waals surface area (Å²) in [5, 5.41) is 9.55. The van der Waals surface area contributed by atoms with Crippen molar-refractivity contribution in [2.75, 3.05) is 26.7 Å². The van der Waals surface area contributed by atoms with E-state index in [1.807, 2.05) is 0 Å². The molecular formula is C18H34N4O2. The van der Waals surface area contributed by atoms with E-state index in [1.165, 1.54) is 32.1 Å². The van der Waals surface area contributed by atoms with E-state index in [2.05, 4.69) is 20.9 Å². The van der Waals surface area contributed by atoms with Gasteiger partial charge in [-0.2, -0.15) is 0 Å². The van der Waals surface area contributed by atoms with Crippen LogP contribution in [0, 0.1) is 0 Å². The van der Waals surface area contributed by atoms with Gasteiger partial charge in [0.15, 0.2) is 5.96 Å². The number of hydrogen-bond donors (Lipinski definition) is 3. The first kappa shape index (κ1) is 19.0. The van der Waals surface area contributed by atoms with Crippen molar-refractivity contribution in [1.29, 1.82) is 0 Å². The van der Waals surface area contributed by atoms with Crippen LogP contribution in [0.1, 0.15) is 64.2 Å². The molecule has 138 valence electrons. The van der Waals surface area contributed by atoms with Gasteiger partial charge in [-0.1, -0.05) is 19.3 Å². The standard InChI is InChI=1S/C18H34N4O2/c1-19-18(20-12-5-9-17(23)22-15-10-11-15)21-13-6-14-24-16-7-3-2-4-8-16/h15-16H,2-14H2,1H3,(H,22,23)(H2,19,20,21). The number of hydrogen-bond acceptors (Lipinski definition) is 3. The summed E-state index contributed by atoms with van der Waals surface area (Å²) in [5.41, 5.74) is 0. The van der Waals surface area contributed by atoms with E-state index in [0.717, 1.165) is 51.3 Å². The molecule has 0 spiro atoms. The summed E-state index contributed by atoms with van der Waals surface area (Å²) < 4.78 is 5.92. The summed E-state index contributed by atoms with van der Waals surface area (Å²) in [6.07, 6.45) is 11.6. The van der Waals surface area contributed by atoms with E-state index < -0.39 is 0 Å². The van der Waals surface area contributed by atoms with Crippen LogP contribution in [0.3, 0.4) is 0 Å². The van der Waals surface area contributed by atoms with Crippen molar-refractivity contribution < 1.29 is 9.53 Å². The molecule has 2 aliphatic rings. The van der Waals surface area contributed by atoms with Crippen LogP contribution in [-0.2, 0) is 9.53 Å². The van der Waals surface area contributed by atoms with Crippen molar-refractivity contribution >= 4 is 11.9 Å². The topological polar surface area (TPSA) is 74.8 Å². The minimum Gasteiger partial charge on any atom is -0.378 e. The van der Waals surface area contributed by atoms with Gasteiger partial charge >= 0.3 is 0 Å². The van der Waals surface area contributed by atoms with Crippen molar-refractivity contribution in [2.45, 2.75) is 76.4 Å². The molecule has 3 N–H and O–H groups in total. The molecule has 0 unspecified atom stereocenters. The molecule has 0 aromatic heterocycles. The van der Waals surface area contributed by atoms with Gasteiger partial charge in [-0.25, -0.2) is 0 Å². The van der Waals surface area contributed by atoms with E-state index in [-0.39, 0.29) is 5.91 Å². The third kappa shape index (κ3) is 8.52. The summed E-state index contributed by atoms with van der Waals surface area (Å²) in [4.78, 5) is 15.8. The van der Waals surface area contributed by atoms with Gasteiger partial charge < -0.3 is 20.7 Å². The molecule has 24 heavy (non-hydrogen) atoms. The van der Waals surface area contributed by atoms with E-state index in [4.69, 9.17) is 4.74 Å². The number of nitrogens with zero attached hydrogens (tertiary/aromatic N) is 1. The molecular weight excluding hydrogens is 304 g/mol. The highest BCUT2D eigenvalue weighted by molar-refractivity contribution is 5.79. The highest BCUT2D eigenvalue weighted by Gasteiger charge is 2.22. The Morgan fingerprint density at radius 3 is 2.42 bits per heavy atom. The fourth-order valence-electron chi connectivity index (χ4n) is 2.96. The molecule has 0 saturated heterocycles. The van der Waals surface area contributed by atoms with Crippen molar-refractivity contribution in [3.05, 3.63) is 0 Å². The lowest BCUT2D eigenvalue weighted by molar-refractivity contribution is -0.121. The largest absolute Gasteiger partial charge is 0.378 e. The number of rotatable bonds is 10. The number of carbonyl (C=O) groups is 1. The second kappa shape index (κ2) is 11.3. The fraction of sp³-hybridized carbons (Fsp3) is 0.889. The number of carbonyl (C=O) groups excluding carboxylic acids is 1. The minimum atomic E-state index is 0.169. The van der Waals surface area contributed by atoms with Crippen LogP contribution < -0.4 is 16.0 Å². The van der Waals surface area contributed by atoms with Crippen LogP contribution in [0.25, 0.3) is 0 Å². The minimum absolute atomic E-state index is 0.169. The van der Waals surface area contributed by atoms with Gasteiger partial charge in [0.1, 0.15) is 0 Å². The number of amides is 1. The molecule has 0 bridgehead atoms. The van der Waals surface area contributed by atoms with Gasteiger partial charge in [0.05, 0.1) is 6.10 Å². The lowest BCUT2D eigenvalue weighted by Crippen LogP contribution is -2.39. The molecule has 2 saturated carbocycles. The number of guanidine groups is 1. The first-order valence-corrected chi connectivity index (χ1v) is 9.63. The average molecular weight is 338 g/mol. The molecule has 0 aromatic carbocycles. The van der Waals surface area contributed by atoms with Gasteiger partial charge in [0.2, 0.25) is 5.91 Å². The summed E-state index contributed by atoms with van der Waals surface area (Å²) in [6, 6.07) is 0.454. The third-order valence-corrected chi connectivity index (χ3v) is 4.56. The fourth-order valence-corrected chi connectivity index (χ4v) is 2.96. The molecule has 0 aliphatic heterocycles. The zero-order chi connectivity index (χ0) is 17.0. The normalized spacial score (nSPS) is 19.1. The first-order chi connectivity index (χ1) is 11.8. The lowest BCUT2D eigenvalue weighted by Gasteiger charge is -2.22. The Hall–Kier alpha value is -1.30. The Kier molecular flexibility index (Phi) is 8.95. The van der Waals surface area contributed by atoms with Crippen molar-refractivity contribution in [2.24, 2.45) is 4.99 Å². The number of nitrogens with one attached hydrogen (secondary N) is 3. The Morgan fingerprint density at radius 1 is 1.04 bits per heavy atom. The van der Waals surface area contributed by atoms with Crippen molar-refractivity contribution in [3.63, 3.8) is 0 Å². The SMILES string of the molecule is CN=C(NCCCOC1CCCCC1)NCCCC(=O)NC1CC1. The van der Waals surface area contributed by atoms with E-state index >= 15 is 0 Å². The predicted molar refractivity (Wildman–Crippen MR) is 97.2 cm³/mol. The molecule has 6 heteroatoms. The smallest absolute Gasteiger partial charge is 0.220 e. The monoisotopic (exact) mass is 338 g/mol. The van der Waals surface area contributed by atoms with Crippen LogP contribution >= 0.6 is 0 Å². The quantitative estimate of drug-likeness (QED) is 0.323. The molecule has 1 amide bonds. The van der Waals surface area contributed by atoms with Gasteiger partial charge in [-0.15, -0.1) is 0 Å².